The fraction of sp³-hybridized carbons (Fsp3) is 0.267. The topological polar surface area (TPSA) is 101 Å². The van der Waals surface area contributed by atoms with E-state index in [0.717, 1.165) is 64.1 Å². The van der Waals surface area contributed by atoms with E-state index in [1.807, 2.05) is 34.9 Å². The largest absolute Gasteiger partial charge is 0.354 e. The molecule has 2 aliphatic rings. The molecule has 0 unspecified atom stereocenters. The average Bonchev–Trinajstić information content (AvgIpc) is 3.34. The van der Waals surface area contributed by atoms with Gasteiger partial charge in [-0.25, -0.2) is 4.98 Å². The maximum Gasteiger partial charge on any atom is 0.234 e. The van der Waals surface area contributed by atoms with Crippen LogP contribution >= 0.6 is 0 Å². The van der Waals surface area contributed by atoms with Crippen molar-refractivity contribution in [2.45, 2.75) is 31.3 Å². The zero-order valence-corrected chi connectivity index (χ0v) is 21.1. The first-order chi connectivity index (χ1) is 18.6. The van der Waals surface area contributed by atoms with Gasteiger partial charge in [-0.2, -0.15) is 0 Å². The lowest BCUT2D eigenvalue weighted by Gasteiger charge is -2.38. The molecular weight excluding hydrogens is 474 g/mol. The van der Waals surface area contributed by atoms with Gasteiger partial charge in [0.05, 0.1) is 24.3 Å². The number of benzene rings is 2. The summed E-state index contributed by atoms with van der Waals surface area (Å²) in [6.45, 7) is 2.38. The number of nitrogens with zero attached hydrogens (tertiary/aromatic N) is 5. The van der Waals surface area contributed by atoms with E-state index in [4.69, 9.17) is 10.7 Å². The van der Waals surface area contributed by atoms with Gasteiger partial charge in [-0.3, -0.25) is 14.1 Å². The third-order valence-corrected chi connectivity index (χ3v) is 7.99. The molecule has 1 saturated heterocycles. The first kappa shape index (κ1) is 23.0. The molecule has 2 aromatic carbocycles. The number of fused-ring (bicyclic) bond motifs is 3. The van der Waals surface area contributed by atoms with Gasteiger partial charge in [-0.1, -0.05) is 54.6 Å². The number of rotatable bonds is 5. The normalized spacial score (nSPS) is 17.4. The minimum Gasteiger partial charge on any atom is -0.354 e. The van der Waals surface area contributed by atoms with Crippen LogP contribution in [-0.2, 0) is 16.9 Å². The summed E-state index contributed by atoms with van der Waals surface area (Å²) in [5, 5.41) is 12.9. The van der Waals surface area contributed by atoms with E-state index in [9.17, 15) is 4.79 Å². The van der Waals surface area contributed by atoms with Crippen LogP contribution in [0.5, 0.6) is 0 Å². The predicted octanol–water partition coefficient (Wildman–Crippen LogP) is 3.88. The van der Waals surface area contributed by atoms with Crippen LogP contribution in [0.2, 0.25) is 0 Å². The summed E-state index contributed by atoms with van der Waals surface area (Å²) in [5.41, 5.74) is 13.3. The minimum absolute atomic E-state index is 0.0436. The second kappa shape index (κ2) is 9.01. The molecule has 4 heterocycles. The summed E-state index contributed by atoms with van der Waals surface area (Å²) in [5.74, 6) is 0.853. The standard InChI is InChI=1S/C30H29N7O/c31-30(12-4-13-30)22-9-7-21(8-10-22)28-23(20-5-2-1-3-6-20)17-24-25(33-28)11-15-37-26(34-35-29(24)37)18-36-16-14-32-27(38)19-36/h1-3,5-11,15,17H,4,12-14,16,18-19,31H2,(H,32,38). The smallest absolute Gasteiger partial charge is 0.234 e. The molecule has 8 heteroatoms. The second-order valence-corrected chi connectivity index (χ2v) is 10.5. The predicted molar refractivity (Wildman–Crippen MR) is 147 cm³/mol. The van der Waals surface area contributed by atoms with E-state index in [1.165, 1.54) is 12.0 Å². The molecule has 190 valence electrons. The molecule has 0 bridgehead atoms. The van der Waals surface area contributed by atoms with Crippen LogP contribution in [0, 0.1) is 0 Å². The molecule has 0 atom stereocenters. The monoisotopic (exact) mass is 503 g/mol. The van der Waals surface area contributed by atoms with E-state index in [0.29, 0.717) is 19.6 Å². The molecule has 0 spiro atoms. The number of piperazine rings is 1. The zero-order valence-electron chi connectivity index (χ0n) is 21.1. The highest BCUT2D eigenvalue weighted by Gasteiger charge is 2.34. The molecule has 5 aromatic rings. The van der Waals surface area contributed by atoms with E-state index >= 15 is 0 Å². The quantitative estimate of drug-likeness (QED) is 0.378. The Bertz CT molecular complexity index is 1660. The molecule has 1 saturated carbocycles. The van der Waals surface area contributed by atoms with Crippen molar-refractivity contribution < 1.29 is 4.79 Å². The third-order valence-electron chi connectivity index (χ3n) is 7.99. The molecule has 1 aliphatic heterocycles. The number of carbonyl (C=O) groups excluding carboxylic acids is 1. The van der Waals surface area contributed by atoms with Crippen molar-refractivity contribution >= 4 is 22.5 Å². The van der Waals surface area contributed by atoms with Gasteiger partial charge in [0, 0.05) is 41.3 Å². The van der Waals surface area contributed by atoms with Crippen LogP contribution in [0.1, 0.15) is 30.7 Å². The molecule has 3 aromatic heterocycles. The van der Waals surface area contributed by atoms with Gasteiger partial charge in [0.1, 0.15) is 0 Å². The van der Waals surface area contributed by atoms with Crippen LogP contribution in [-0.4, -0.2) is 50.0 Å². The average molecular weight is 504 g/mol. The van der Waals surface area contributed by atoms with Crippen molar-refractivity contribution in [2.24, 2.45) is 5.73 Å². The van der Waals surface area contributed by atoms with Gasteiger partial charge in [0.25, 0.3) is 0 Å². The van der Waals surface area contributed by atoms with Crippen molar-refractivity contribution in [3.8, 4) is 22.4 Å². The molecule has 1 aliphatic carbocycles. The first-order valence-electron chi connectivity index (χ1n) is 13.2. The Balaban J connectivity index is 1.33. The maximum absolute atomic E-state index is 11.8. The van der Waals surface area contributed by atoms with Gasteiger partial charge in [0.15, 0.2) is 11.5 Å². The lowest BCUT2D eigenvalue weighted by atomic mass is 9.72. The van der Waals surface area contributed by atoms with Crippen LogP contribution in [0.25, 0.3) is 38.9 Å². The number of nitrogens with one attached hydrogen (secondary N) is 1. The molecule has 38 heavy (non-hydrogen) atoms. The van der Waals surface area contributed by atoms with Gasteiger partial charge in [-0.05, 0) is 42.5 Å². The van der Waals surface area contributed by atoms with E-state index < -0.39 is 0 Å². The molecule has 1 amide bonds. The number of aromatic nitrogens is 4. The van der Waals surface area contributed by atoms with E-state index in [-0.39, 0.29) is 11.4 Å². The van der Waals surface area contributed by atoms with Crippen LogP contribution in [0.3, 0.4) is 0 Å². The van der Waals surface area contributed by atoms with Gasteiger partial charge in [-0.15, -0.1) is 10.2 Å². The van der Waals surface area contributed by atoms with Crippen molar-refractivity contribution in [1.82, 2.24) is 29.8 Å². The maximum atomic E-state index is 11.8. The Hall–Kier alpha value is -4.14. The molecule has 7 rings (SSSR count). The number of hydrogen-bond donors (Lipinski definition) is 2. The number of carbonyl (C=O) groups is 1. The molecular formula is C30H29N7O. The second-order valence-electron chi connectivity index (χ2n) is 10.5. The highest BCUT2D eigenvalue weighted by atomic mass is 16.2. The van der Waals surface area contributed by atoms with Crippen LogP contribution in [0.15, 0.2) is 72.9 Å². The Kier molecular flexibility index (Phi) is 5.45. The first-order valence-corrected chi connectivity index (χ1v) is 13.2. The van der Waals surface area contributed by atoms with E-state index in [2.05, 4.69) is 62.9 Å². The van der Waals surface area contributed by atoms with Gasteiger partial charge >= 0.3 is 0 Å². The fourth-order valence-electron chi connectivity index (χ4n) is 5.64. The number of amides is 1. The van der Waals surface area contributed by atoms with Crippen molar-refractivity contribution in [1.29, 1.82) is 0 Å². The Morgan fingerprint density at radius 2 is 1.79 bits per heavy atom. The van der Waals surface area contributed by atoms with Gasteiger partial charge in [0.2, 0.25) is 5.91 Å². The summed E-state index contributed by atoms with van der Waals surface area (Å²) >= 11 is 0. The third kappa shape index (κ3) is 3.93. The zero-order chi connectivity index (χ0) is 25.7. The highest BCUT2D eigenvalue weighted by molar-refractivity contribution is 5.98. The molecule has 3 N–H and O–H groups in total. The Morgan fingerprint density at radius 1 is 0.974 bits per heavy atom. The van der Waals surface area contributed by atoms with Crippen molar-refractivity contribution in [2.75, 3.05) is 19.6 Å². The number of nitrogens with two attached hydrogens (primary N) is 1. The highest BCUT2D eigenvalue weighted by Crippen LogP contribution is 2.40. The number of pyridine rings is 2. The Morgan fingerprint density at radius 3 is 2.53 bits per heavy atom. The summed E-state index contributed by atoms with van der Waals surface area (Å²) in [7, 11) is 0. The molecule has 8 nitrogen and oxygen atoms in total. The fourth-order valence-corrected chi connectivity index (χ4v) is 5.64. The van der Waals surface area contributed by atoms with Crippen molar-refractivity contribution in [3.05, 3.63) is 84.3 Å². The van der Waals surface area contributed by atoms with Crippen LogP contribution in [0.4, 0.5) is 0 Å². The van der Waals surface area contributed by atoms with Crippen molar-refractivity contribution in [3.63, 3.8) is 0 Å². The lowest BCUT2D eigenvalue weighted by molar-refractivity contribution is -0.124. The summed E-state index contributed by atoms with van der Waals surface area (Å²) < 4.78 is 2.01. The summed E-state index contributed by atoms with van der Waals surface area (Å²) in [6, 6.07) is 23.1. The summed E-state index contributed by atoms with van der Waals surface area (Å²) in [4.78, 5) is 19.1. The summed E-state index contributed by atoms with van der Waals surface area (Å²) in [6.07, 6.45) is 5.25. The minimum atomic E-state index is -0.188. The van der Waals surface area contributed by atoms with Gasteiger partial charge < -0.3 is 11.1 Å². The lowest BCUT2D eigenvalue weighted by Crippen LogP contribution is -2.47. The SMILES string of the molecule is NC1(c2ccc(-c3nc4ccn5c(CN6CCNC(=O)C6)nnc5c4cc3-c3ccccc3)cc2)CCC1. The van der Waals surface area contributed by atoms with E-state index in [1.54, 1.807) is 0 Å². The molecule has 0 radical (unpaired) electrons. The Labute approximate surface area is 220 Å². The molecule has 2 fully saturated rings. The van der Waals surface area contributed by atoms with Crippen LogP contribution < -0.4 is 11.1 Å². The number of hydrogen-bond acceptors (Lipinski definition) is 6.